The van der Waals surface area contributed by atoms with Crippen molar-refractivity contribution in [1.82, 2.24) is 14.8 Å². The van der Waals surface area contributed by atoms with Gasteiger partial charge in [0.25, 0.3) is 5.82 Å². The van der Waals surface area contributed by atoms with Crippen LogP contribution in [0.25, 0.3) is 0 Å². The van der Waals surface area contributed by atoms with Gasteiger partial charge in [-0.1, -0.05) is 13.0 Å². The lowest BCUT2D eigenvalue weighted by atomic mass is 9.81. The summed E-state index contributed by atoms with van der Waals surface area (Å²) in [7, 11) is 2.95. The number of allylic oxidation sites excluding steroid dienone is 2. The van der Waals surface area contributed by atoms with Crippen molar-refractivity contribution < 1.29 is 27.4 Å². The molecule has 29 heavy (non-hydrogen) atoms. The number of ketones is 1. The number of ether oxygens (including phenoxy) is 2. The number of carbonyl (C=O) groups excluding carboxylic acids is 1. The van der Waals surface area contributed by atoms with E-state index in [-0.39, 0.29) is 17.6 Å². The van der Waals surface area contributed by atoms with Crippen molar-refractivity contribution in [2.45, 2.75) is 32.0 Å². The molecule has 0 saturated carbocycles. The molecule has 2 atom stereocenters. The first-order valence-electron chi connectivity index (χ1n) is 9.01. The number of carbonyl (C=O) groups is 1. The third-order valence-corrected chi connectivity index (χ3v) is 5.10. The molecule has 0 amide bonds. The van der Waals surface area contributed by atoms with Gasteiger partial charge in [0.15, 0.2) is 17.3 Å². The van der Waals surface area contributed by atoms with E-state index in [9.17, 15) is 18.0 Å². The Hall–Kier alpha value is -3.04. The Morgan fingerprint density at radius 2 is 1.90 bits per heavy atom. The number of fused-ring (bicyclic) bond motifs is 1. The molecule has 2 aromatic rings. The Labute approximate surface area is 164 Å². The van der Waals surface area contributed by atoms with Crippen LogP contribution in [0.4, 0.5) is 19.1 Å². The van der Waals surface area contributed by atoms with Crippen LogP contribution < -0.4 is 14.8 Å². The number of hydrogen-bond acceptors (Lipinski definition) is 6. The Balaban J connectivity index is 1.91. The first kappa shape index (κ1) is 19.3. The summed E-state index contributed by atoms with van der Waals surface area (Å²) < 4.78 is 51.4. The molecule has 154 valence electrons. The molecule has 1 aromatic carbocycles. The van der Waals surface area contributed by atoms with Crippen LogP contribution in [0.5, 0.6) is 11.5 Å². The van der Waals surface area contributed by atoms with Crippen molar-refractivity contribution in [2.24, 2.45) is 5.92 Å². The number of nitrogens with one attached hydrogen (secondary N) is 1. The second-order valence-electron chi connectivity index (χ2n) is 7.17. The molecule has 0 spiro atoms. The number of benzene rings is 1. The van der Waals surface area contributed by atoms with Gasteiger partial charge in [0, 0.05) is 17.7 Å². The summed E-state index contributed by atoms with van der Waals surface area (Å²) in [6, 6.07) is 4.13. The van der Waals surface area contributed by atoms with E-state index < -0.39 is 18.0 Å². The zero-order chi connectivity index (χ0) is 20.9. The average Bonchev–Trinajstić information content (AvgIpc) is 3.09. The topological polar surface area (TPSA) is 78.3 Å². The molecule has 0 radical (unpaired) electrons. The lowest BCUT2D eigenvalue weighted by molar-refractivity contribution is -0.145. The summed E-state index contributed by atoms with van der Waals surface area (Å²) in [6.07, 6.45) is -3.84. The highest BCUT2D eigenvalue weighted by Crippen LogP contribution is 2.43. The smallest absolute Gasteiger partial charge is 0.453 e. The van der Waals surface area contributed by atoms with Gasteiger partial charge >= 0.3 is 6.18 Å². The summed E-state index contributed by atoms with van der Waals surface area (Å²) in [5.74, 6) is -0.474. The minimum Gasteiger partial charge on any atom is -0.493 e. The van der Waals surface area contributed by atoms with E-state index in [2.05, 4.69) is 15.4 Å². The molecular weight excluding hydrogens is 389 g/mol. The largest absolute Gasteiger partial charge is 0.493 e. The molecule has 0 fully saturated rings. The summed E-state index contributed by atoms with van der Waals surface area (Å²) >= 11 is 0. The SMILES string of the molecule is COc1ccc([C@@H]2C3=C(C[C@H](C)CC3=O)Nc3nc(C(F)(F)F)nn32)cc1OC. The van der Waals surface area contributed by atoms with Crippen molar-refractivity contribution >= 4 is 11.7 Å². The summed E-state index contributed by atoms with van der Waals surface area (Å²) in [5.41, 5.74) is 1.54. The van der Waals surface area contributed by atoms with Crippen LogP contribution in [0.2, 0.25) is 0 Å². The normalized spacial score (nSPS) is 21.4. The molecule has 0 saturated heterocycles. The quantitative estimate of drug-likeness (QED) is 0.837. The second kappa shape index (κ2) is 6.78. The molecule has 1 aliphatic heterocycles. The van der Waals surface area contributed by atoms with Crippen molar-refractivity contribution in [3.63, 3.8) is 0 Å². The first-order valence-corrected chi connectivity index (χ1v) is 9.01. The fraction of sp³-hybridized carbons (Fsp3) is 0.421. The summed E-state index contributed by atoms with van der Waals surface area (Å²) in [5, 5.41) is 6.58. The van der Waals surface area contributed by atoms with E-state index in [1.807, 2.05) is 6.92 Å². The lowest BCUT2D eigenvalue weighted by Crippen LogP contribution is -2.33. The first-order chi connectivity index (χ1) is 13.7. The van der Waals surface area contributed by atoms with Gasteiger partial charge in [-0.3, -0.25) is 4.79 Å². The van der Waals surface area contributed by atoms with Crippen LogP contribution in [0.1, 0.15) is 37.2 Å². The Morgan fingerprint density at radius 3 is 2.55 bits per heavy atom. The van der Waals surface area contributed by atoms with E-state index in [1.165, 1.54) is 14.2 Å². The highest BCUT2D eigenvalue weighted by molar-refractivity contribution is 5.99. The van der Waals surface area contributed by atoms with Gasteiger partial charge < -0.3 is 14.8 Å². The zero-order valence-electron chi connectivity index (χ0n) is 16.0. The van der Waals surface area contributed by atoms with Crippen LogP contribution >= 0.6 is 0 Å². The molecule has 0 unspecified atom stereocenters. The number of alkyl halides is 3. The number of Topliss-reactive ketones (excluding diaryl/α,β-unsaturated/α-hetero) is 1. The van der Waals surface area contributed by atoms with Gasteiger partial charge in [0.2, 0.25) is 5.95 Å². The van der Waals surface area contributed by atoms with Gasteiger partial charge in [-0.2, -0.15) is 18.2 Å². The van der Waals surface area contributed by atoms with Crippen LogP contribution in [0, 0.1) is 5.92 Å². The number of halogens is 3. The maximum Gasteiger partial charge on any atom is 0.453 e. The molecule has 2 aliphatic rings. The fourth-order valence-corrected chi connectivity index (χ4v) is 3.86. The summed E-state index contributed by atoms with van der Waals surface area (Å²) in [6.45, 7) is 1.93. The standard InChI is InChI=1S/C19H19F3N4O3/c1-9-6-11-15(12(27)7-9)16(10-4-5-13(28-2)14(8-10)29-3)26-18(23-11)24-17(25-26)19(20,21)22/h4-5,8-9,16H,6-7H2,1-3H3,(H,23,24,25)/t9-,16+/m0/s1. The van der Waals surface area contributed by atoms with Crippen LogP contribution in [0.3, 0.4) is 0 Å². The highest BCUT2D eigenvalue weighted by atomic mass is 19.4. The Morgan fingerprint density at radius 1 is 1.17 bits per heavy atom. The van der Waals surface area contributed by atoms with Gasteiger partial charge in [0.05, 0.1) is 14.2 Å². The van der Waals surface area contributed by atoms with Gasteiger partial charge in [-0.15, -0.1) is 5.10 Å². The molecule has 4 rings (SSSR count). The lowest BCUT2D eigenvalue weighted by Gasteiger charge is -2.34. The number of methoxy groups -OCH3 is 2. The molecular formula is C19H19F3N4O3. The maximum absolute atomic E-state index is 13.2. The van der Waals surface area contributed by atoms with E-state index in [4.69, 9.17) is 9.47 Å². The molecule has 1 aliphatic carbocycles. The van der Waals surface area contributed by atoms with Crippen molar-refractivity contribution in [3.05, 3.63) is 40.9 Å². The van der Waals surface area contributed by atoms with Crippen molar-refractivity contribution in [1.29, 1.82) is 0 Å². The zero-order valence-corrected chi connectivity index (χ0v) is 16.0. The average molecular weight is 408 g/mol. The highest BCUT2D eigenvalue weighted by Gasteiger charge is 2.43. The fourth-order valence-electron chi connectivity index (χ4n) is 3.86. The minimum absolute atomic E-state index is 0.0437. The van der Waals surface area contributed by atoms with E-state index in [0.717, 1.165) is 4.68 Å². The van der Waals surface area contributed by atoms with Crippen LogP contribution in [-0.4, -0.2) is 34.8 Å². The summed E-state index contributed by atoms with van der Waals surface area (Å²) in [4.78, 5) is 16.5. The minimum atomic E-state index is -4.70. The van der Waals surface area contributed by atoms with Crippen molar-refractivity contribution in [2.75, 3.05) is 19.5 Å². The maximum atomic E-state index is 13.2. The van der Waals surface area contributed by atoms with E-state index >= 15 is 0 Å². The van der Waals surface area contributed by atoms with Crippen LogP contribution in [-0.2, 0) is 11.0 Å². The number of nitrogens with zero attached hydrogens (tertiary/aromatic N) is 3. The number of rotatable bonds is 3. The molecule has 2 heterocycles. The third-order valence-electron chi connectivity index (χ3n) is 5.10. The third kappa shape index (κ3) is 3.22. The molecule has 1 N–H and O–H groups in total. The number of aromatic nitrogens is 3. The van der Waals surface area contributed by atoms with Gasteiger partial charge in [0.1, 0.15) is 6.04 Å². The van der Waals surface area contributed by atoms with E-state index in [1.54, 1.807) is 18.2 Å². The molecule has 7 nitrogen and oxygen atoms in total. The Bertz CT molecular complexity index is 1010. The molecule has 1 aromatic heterocycles. The van der Waals surface area contributed by atoms with Crippen LogP contribution in [0.15, 0.2) is 29.5 Å². The Kier molecular flexibility index (Phi) is 4.51. The molecule has 10 heteroatoms. The number of anilines is 1. The second-order valence-corrected chi connectivity index (χ2v) is 7.17. The van der Waals surface area contributed by atoms with Gasteiger partial charge in [-0.05, 0) is 30.0 Å². The monoisotopic (exact) mass is 408 g/mol. The van der Waals surface area contributed by atoms with E-state index in [0.29, 0.717) is 41.2 Å². The number of hydrogen-bond donors (Lipinski definition) is 1. The predicted molar refractivity (Wildman–Crippen MR) is 96.8 cm³/mol. The van der Waals surface area contributed by atoms with Crippen molar-refractivity contribution in [3.8, 4) is 11.5 Å². The predicted octanol–water partition coefficient (Wildman–Crippen LogP) is 3.58. The molecule has 0 bridgehead atoms. The van der Waals surface area contributed by atoms with Gasteiger partial charge in [-0.25, -0.2) is 4.68 Å².